The molecule has 0 amide bonds. The highest BCUT2D eigenvalue weighted by molar-refractivity contribution is 5.71. The molecule has 5 heteroatoms. The number of pyridine rings is 1. The molecule has 3 rings (SSSR count). The van der Waals surface area contributed by atoms with Gasteiger partial charge in [-0.2, -0.15) is 5.48 Å². The molecule has 0 bridgehead atoms. The maximum Gasteiger partial charge on any atom is 0.150 e. The van der Waals surface area contributed by atoms with Gasteiger partial charge in [-0.05, 0) is 24.3 Å². The van der Waals surface area contributed by atoms with Gasteiger partial charge >= 0.3 is 0 Å². The topological polar surface area (TPSA) is 47.8 Å². The summed E-state index contributed by atoms with van der Waals surface area (Å²) in [5.74, 6) is 1.45. The van der Waals surface area contributed by atoms with Crippen molar-refractivity contribution in [3.8, 4) is 22.8 Å². The third kappa shape index (κ3) is 2.08. The van der Waals surface area contributed by atoms with Crippen LogP contribution in [0.15, 0.2) is 48.8 Å². The molecular formula is C15H15N3O2. The van der Waals surface area contributed by atoms with E-state index in [4.69, 9.17) is 9.57 Å². The van der Waals surface area contributed by atoms with E-state index >= 15 is 0 Å². The minimum absolute atomic E-state index is 0.700. The van der Waals surface area contributed by atoms with Gasteiger partial charge in [0.05, 0.1) is 12.8 Å². The highest BCUT2D eigenvalue weighted by Crippen LogP contribution is 2.33. The quantitative estimate of drug-likeness (QED) is 0.739. The van der Waals surface area contributed by atoms with E-state index in [-0.39, 0.29) is 0 Å². The number of nitrogens with zero attached hydrogens (tertiary/aromatic N) is 2. The van der Waals surface area contributed by atoms with Crippen LogP contribution in [0.1, 0.15) is 0 Å². The number of methoxy groups -OCH3 is 1. The second-order valence-electron chi connectivity index (χ2n) is 4.23. The van der Waals surface area contributed by atoms with E-state index in [1.54, 1.807) is 20.4 Å². The first-order valence-corrected chi connectivity index (χ1v) is 6.27. The summed E-state index contributed by atoms with van der Waals surface area (Å²) >= 11 is 0. The Labute approximate surface area is 116 Å². The Morgan fingerprint density at radius 3 is 2.90 bits per heavy atom. The van der Waals surface area contributed by atoms with E-state index in [1.807, 2.05) is 47.0 Å². The van der Waals surface area contributed by atoms with Gasteiger partial charge in [-0.25, -0.2) is 4.98 Å². The van der Waals surface area contributed by atoms with Gasteiger partial charge in [0.15, 0.2) is 5.75 Å². The zero-order valence-corrected chi connectivity index (χ0v) is 11.3. The monoisotopic (exact) mass is 269 g/mol. The van der Waals surface area contributed by atoms with E-state index in [1.165, 1.54) is 0 Å². The summed E-state index contributed by atoms with van der Waals surface area (Å²) in [6.07, 6.45) is 3.71. The molecule has 3 aromatic rings. The highest BCUT2D eigenvalue weighted by Gasteiger charge is 2.10. The van der Waals surface area contributed by atoms with Crippen molar-refractivity contribution in [2.45, 2.75) is 0 Å². The van der Waals surface area contributed by atoms with Crippen LogP contribution in [0.25, 0.3) is 16.9 Å². The fourth-order valence-corrected chi connectivity index (χ4v) is 2.23. The smallest absolute Gasteiger partial charge is 0.150 e. The van der Waals surface area contributed by atoms with Gasteiger partial charge in [0, 0.05) is 31.1 Å². The summed E-state index contributed by atoms with van der Waals surface area (Å²) in [4.78, 5) is 9.56. The van der Waals surface area contributed by atoms with Crippen molar-refractivity contribution in [2.75, 3.05) is 14.2 Å². The Bertz CT molecular complexity index is 737. The van der Waals surface area contributed by atoms with Gasteiger partial charge in [-0.3, -0.25) is 4.40 Å². The van der Waals surface area contributed by atoms with E-state index in [0.29, 0.717) is 5.75 Å². The van der Waals surface area contributed by atoms with Gasteiger partial charge < -0.3 is 9.57 Å². The van der Waals surface area contributed by atoms with Crippen molar-refractivity contribution in [1.29, 1.82) is 0 Å². The fourth-order valence-electron chi connectivity index (χ4n) is 2.23. The molecule has 2 heterocycles. The van der Waals surface area contributed by atoms with E-state index in [9.17, 15) is 0 Å². The minimum Gasteiger partial charge on any atom is -0.496 e. The van der Waals surface area contributed by atoms with E-state index in [0.717, 1.165) is 22.7 Å². The van der Waals surface area contributed by atoms with Gasteiger partial charge in [0.25, 0.3) is 0 Å². The number of fused-ring (bicyclic) bond motifs is 1. The summed E-state index contributed by atoms with van der Waals surface area (Å²) in [6.45, 7) is 0. The molecule has 0 fully saturated rings. The third-order valence-electron chi connectivity index (χ3n) is 3.10. The van der Waals surface area contributed by atoms with Crippen molar-refractivity contribution >= 4 is 5.65 Å². The number of ether oxygens (including phenoxy) is 1. The van der Waals surface area contributed by atoms with Crippen molar-refractivity contribution in [3.63, 3.8) is 0 Å². The number of hydroxylamine groups is 1. The Balaban J connectivity index is 2.16. The first-order valence-electron chi connectivity index (χ1n) is 6.27. The molecule has 5 nitrogen and oxygen atoms in total. The van der Waals surface area contributed by atoms with Crippen LogP contribution < -0.4 is 15.1 Å². The standard InChI is InChI=1S/C15H15N3O2/c1-16-20-11-6-7-12(14(10-11)19-2)13-4-3-5-15-17-8-9-18(13)15/h3-10,16H,1-2H3. The lowest BCUT2D eigenvalue weighted by Crippen LogP contribution is -2.10. The average molecular weight is 269 g/mol. The first-order chi connectivity index (χ1) is 9.83. The number of hydrogen-bond acceptors (Lipinski definition) is 4. The lowest BCUT2D eigenvalue weighted by molar-refractivity contribution is 0.223. The maximum absolute atomic E-state index is 5.47. The van der Waals surface area contributed by atoms with Crippen LogP contribution in [-0.2, 0) is 0 Å². The number of nitrogens with one attached hydrogen (secondary N) is 1. The van der Waals surface area contributed by atoms with Crippen LogP contribution in [0.4, 0.5) is 0 Å². The predicted molar refractivity (Wildman–Crippen MR) is 76.9 cm³/mol. The van der Waals surface area contributed by atoms with Crippen molar-refractivity contribution in [1.82, 2.24) is 14.9 Å². The molecule has 0 spiro atoms. The van der Waals surface area contributed by atoms with Crippen molar-refractivity contribution < 1.29 is 9.57 Å². The summed E-state index contributed by atoms with van der Waals surface area (Å²) in [5.41, 5.74) is 5.56. The molecule has 0 aliphatic carbocycles. The maximum atomic E-state index is 5.47. The normalized spacial score (nSPS) is 10.7. The molecule has 102 valence electrons. The molecule has 2 aromatic heterocycles. The predicted octanol–water partition coefficient (Wildman–Crippen LogP) is 2.52. The Morgan fingerprint density at radius 2 is 2.10 bits per heavy atom. The van der Waals surface area contributed by atoms with Crippen LogP contribution in [0.2, 0.25) is 0 Å². The molecule has 0 saturated heterocycles. The average Bonchev–Trinajstić information content (AvgIpc) is 2.96. The molecule has 0 radical (unpaired) electrons. The summed E-state index contributed by atoms with van der Waals surface area (Å²) in [5, 5.41) is 0. The molecule has 1 aromatic carbocycles. The second kappa shape index (κ2) is 5.22. The molecule has 0 atom stereocenters. The van der Waals surface area contributed by atoms with Gasteiger partial charge in [-0.15, -0.1) is 0 Å². The SMILES string of the molecule is CNOc1ccc(-c2cccc3nccn23)c(OC)c1. The molecule has 0 unspecified atom stereocenters. The molecule has 1 N–H and O–H groups in total. The Kier molecular flexibility index (Phi) is 3.26. The lowest BCUT2D eigenvalue weighted by Gasteiger charge is -2.12. The van der Waals surface area contributed by atoms with E-state index < -0.39 is 0 Å². The van der Waals surface area contributed by atoms with Crippen molar-refractivity contribution in [2.24, 2.45) is 0 Å². The molecule has 0 aliphatic rings. The number of benzene rings is 1. The third-order valence-corrected chi connectivity index (χ3v) is 3.10. The zero-order valence-electron chi connectivity index (χ0n) is 11.3. The zero-order chi connectivity index (χ0) is 13.9. The molecule has 20 heavy (non-hydrogen) atoms. The van der Waals surface area contributed by atoms with E-state index in [2.05, 4.69) is 10.5 Å². The highest BCUT2D eigenvalue weighted by atomic mass is 16.6. The van der Waals surface area contributed by atoms with Crippen LogP contribution in [0.3, 0.4) is 0 Å². The van der Waals surface area contributed by atoms with Crippen molar-refractivity contribution in [3.05, 3.63) is 48.8 Å². The first kappa shape index (κ1) is 12.5. The fraction of sp³-hybridized carbons (Fsp3) is 0.133. The summed E-state index contributed by atoms with van der Waals surface area (Å²) < 4.78 is 7.49. The summed E-state index contributed by atoms with van der Waals surface area (Å²) in [7, 11) is 3.36. The number of hydrogen-bond donors (Lipinski definition) is 1. The Morgan fingerprint density at radius 1 is 1.20 bits per heavy atom. The van der Waals surface area contributed by atoms with Gasteiger partial charge in [0.2, 0.25) is 0 Å². The largest absolute Gasteiger partial charge is 0.496 e. The van der Waals surface area contributed by atoms with Crippen LogP contribution in [-0.4, -0.2) is 23.5 Å². The molecule has 0 aliphatic heterocycles. The molecular weight excluding hydrogens is 254 g/mol. The minimum atomic E-state index is 0.700. The van der Waals surface area contributed by atoms with Gasteiger partial charge in [-0.1, -0.05) is 6.07 Å². The lowest BCUT2D eigenvalue weighted by atomic mass is 10.1. The Hall–Kier alpha value is -2.53. The number of rotatable bonds is 4. The van der Waals surface area contributed by atoms with Gasteiger partial charge in [0.1, 0.15) is 11.4 Å². The van der Waals surface area contributed by atoms with Crippen LogP contribution in [0, 0.1) is 0 Å². The second-order valence-corrected chi connectivity index (χ2v) is 4.23. The number of imidazole rings is 1. The van der Waals surface area contributed by atoms with Crippen LogP contribution in [0.5, 0.6) is 11.5 Å². The van der Waals surface area contributed by atoms with Crippen LogP contribution >= 0.6 is 0 Å². The summed E-state index contributed by atoms with van der Waals surface area (Å²) in [6, 6.07) is 11.7. The molecule has 0 saturated carbocycles. The number of aromatic nitrogens is 2.